The summed E-state index contributed by atoms with van der Waals surface area (Å²) in [6, 6.07) is 13.8. The van der Waals surface area contributed by atoms with Crippen LogP contribution in [0.3, 0.4) is 0 Å². The molecule has 106 valence electrons. The van der Waals surface area contributed by atoms with Gasteiger partial charge >= 0.3 is 0 Å². The quantitative estimate of drug-likeness (QED) is 0.745. The molecule has 0 amide bonds. The van der Waals surface area contributed by atoms with Gasteiger partial charge in [0.15, 0.2) is 11.6 Å². The topological polar surface area (TPSA) is 63.8 Å². The maximum absolute atomic E-state index is 6.01. The molecule has 0 unspecified atom stereocenters. The van der Waals surface area contributed by atoms with E-state index < -0.39 is 0 Å². The number of nitrogens with zero attached hydrogens (tertiary/aromatic N) is 2. The molecule has 2 aromatic carbocycles. The van der Waals surface area contributed by atoms with E-state index in [1.54, 1.807) is 0 Å². The minimum Gasteiger partial charge on any atom is -0.381 e. The number of halogens is 1. The van der Waals surface area contributed by atoms with E-state index in [-0.39, 0.29) is 0 Å². The van der Waals surface area contributed by atoms with Crippen LogP contribution in [0.5, 0.6) is 0 Å². The average Bonchev–Trinajstić information content (AvgIpc) is 2.49. The fraction of sp³-hybridized carbons (Fsp3) is 0.125. The second kappa shape index (κ2) is 5.69. The van der Waals surface area contributed by atoms with E-state index in [0.717, 1.165) is 27.6 Å². The van der Waals surface area contributed by atoms with Crippen molar-refractivity contribution in [2.45, 2.75) is 13.3 Å². The third-order valence-electron chi connectivity index (χ3n) is 3.30. The molecule has 5 heteroatoms. The maximum Gasteiger partial charge on any atom is 0.174 e. The first-order valence-electron chi connectivity index (χ1n) is 6.75. The number of hydrogen-bond donors (Lipinski definition) is 2. The third-order valence-corrected chi connectivity index (χ3v) is 3.79. The Bertz CT molecular complexity index is 801. The molecule has 4 nitrogen and oxygen atoms in total. The lowest BCUT2D eigenvalue weighted by Crippen LogP contribution is -2.04. The molecule has 0 aliphatic rings. The van der Waals surface area contributed by atoms with Gasteiger partial charge in [0.25, 0.3) is 0 Å². The fourth-order valence-corrected chi connectivity index (χ4v) is 2.62. The molecule has 0 saturated heterocycles. The molecular weight excluding hydrogens is 328 g/mol. The van der Waals surface area contributed by atoms with Gasteiger partial charge in [-0.25, -0.2) is 9.97 Å². The highest BCUT2D eigenvalue weighted by Crippen LogP contribution is 2.27. The molecule has 3 aromatic rings. The molecule has 0 spiro atoms. The molecule has 0 saturated carbocycles. The number of nitrogens with two attached hydrogens (primary N) is 1. The van der Waals surface area contributed by atoms with Gasteiger partial charge in [-0.05, 0) is 42.3 Å². The summed E-state index contributed by atoms with van der Waals surface area (Å²) < 4.78 is 1.06. The molecule has 3 rings (SSSR count). The number of nitrogen functional groups attached to an aromatic ring is 1. The Balaban J connectivity index is 2.03. The molecule has 0 fully saturated rings. The Morgan fingerprint density at radius 2 is 1.81 bits per heavy atom. The lowest BCUT2D eigenvalue weighted by Gasteiger charge is -2.12. The van der Waals surface area contributed by atoms with Gasteiger partial charge in [-0.1, -0.05) is 35.0 Å². The van der Waals surface area contributed by atoms with Crippen molar-refractivity contribution in [3.8, 4) is 0 Å². The van der Waals surface area contributed by atoms with Crippen molar-refractivity contribution in [2.24, 2.45) is 0 Å². The largest absolute Gasteiger partial charge is 0.381 e. The number of nitrogens with one attached hydrogen (secondary N) is 1. The summed E-state index contributed by atoms with van der Waals surface area (Å²) in [7, 11) is 0. The Morgan fingerprint density at radius 3 is 2.52 bits per heavy atom. The minimum absolute atomic E-state index is 0.402. The van der Waals surface area contributed by atoms with E-state index in [9.17, 15) is 0 Å². The van der Waals surface area contributed by atoms with Crippen molar-refractivity contribution in [1.82, 2.24) is 9.97 Å². The predicted molar refractivity (Wildman–Crippen MR) is 90.8 cm³/mol. The highest BCUT2D eigenvalue weighted by atomic mass is 79.9. The Labute approximate surface area is 131 Å². The first-order chi connectivity index (χ1) is 10.2. The van der Waals surface area contributed by atoms with E-state index >= 15 is 0 Å². The standard InChI is InChI=1S/C16H15BrN4/c1-2-10-9-11(17)7-8-12(10)20-16-15(18)19-13-5-3-4-6-14(13)21-16/h3-9H,2H2,1H3,(H2,18,19)(H,20,21). The molecule has 3 N–H and O–H groups in total. The molecule has 1 aromatic heterocycles. The van der Waals surface area contributed by atoms with Crippen molar-refractivity contribution in [3.63, 3.8) is 0 Å². The van der Waals surface area contributed by atoms with Gasteiger partial charge in [0.05, 0.1) is 11.0 Å². The summed E-state index contributed by atoms with van der Waals surface area (Å²) in [5.74, 6) is 0.990. The van der Waals surface area contributed by atoms with Crippen LogP contribution in [0, 0.1) is 0 Å². The molecule has 1 heterocycles. The summed E-state index contributed by atoms with van der Waals surface area (Å²) in [5.41, 5.74) is 9.82. The first kappa shape index (κ1) is 13.8. The molecular formula is C16H15BrN4. The van der Waals surface area contributed by atoms with Gasteiger partial charge in [-0.2, -0.15) is 0 Å². The zero-order chi connectivity index (χ0) is 14.8. The average molecular weight is 343 g/mol. The fourth-order valence-electron chi connectivity index (χ4n) is 2.21. The van der Waals surface area contributed by atoms with Crippen LogP contribution in [0.25, 0.3) is 11.0 Å². The molecule has 0 radical (unpaired) electrons. The zero-order valence-corrected chi connectivity index (χ0v) is 13.2. The summed E-state index contributed by atoms with van der Waals surface area (Å²) in [4.78, 5) is 8.95. The van der Waals surface area contributed by atoms with E-state index in [1.807, 2.05) is 36.4 Å². The number of rotatable bonds is 3. The van der Waals surface area contributed by atoms with Crippen molar-refractivity contribution in [2.75, 3.05) is 11.1 Å². The number of fused-ring (bicyclic) bond motifs is 1. The van der Waals surface area contributed by atoms with Gasteiger partial charge in [-0.3, -0.25) is 0 Å². The highest BCUT2D eigenvalue weighted by Gasteiger charge is 2.08. The SMILES string of the molecule is CCc1cc(Br)ccc1Nc1nc2ccccc2nc1N. The van der Waals surface area contributed by atoms with Crippen LogP contribution in [-0.2, 0) is 6.42 Å². The van der Waals surface area contributed by atoms with E-state index in [2.05, 4.69) is 44.2 Å². The van der Waals surface area contributed by atoms with E-state index in [0.29, 0.717) is 11.6 Å². The number of benzene rings is 2. The summed E-state index contributed by atoms with van der Waals surface area (Å²) in [6.07, 6.45) is 0.919. The molecule has 0 aliphatic carbocycles. The summed E-state index contributed by atoms with van der Waals surface area (Å²) in [6.45, 7) is 2.11. The van der Waals surface area contributed by atoms with Crippen molar-refractivity contribution in [3.05, 3.63) is 52.5 Å². The Hall–Kier alpha value is -2.14. The number of hydrogen-bond acceptors (Lipinski definition) is 4. The second-order valence-electron chi connectivity index (χ2n) is 4.73. The first-order valence-corrected chi connectivity index (χ1v) is 7.54. The second-order valence-corrected chi connectivity index (χ2v) is 5.64. The maximum atomic E-state index is 6.01. The van der Waals surface area contributed by atoms with Crippen LogP contribution >= 0.6 is 15.9 Å². The van der Waals surface area contributed by atoms with Crippen LogP contribution in [0.4, 0.5) is 17.3 Å². The lowest BCUT2D eigenvalue weighted by molar-refractivity contribution is 1.13. The van der Waals surface area contributed by atoms with Crippen LogP contribution in [-0.4, -0.2) is 9.97 Å². The predicted octanol–water partition coefficient (Wildman–Crippen LogP) is 4.28. The van der Waals surface area contributed by atoms with Crippen LogP contribution in [0.2, 0.25) is 0 Å². The summed E-state index contributed by atoms with van der Waals surface area (Å²) >= 11 is 3.49. The highest BCUT2D eigenvalue weighted by molar-refractivity contribution is 9.10. The molecule has 21 heavy (non-hydrogen) atoms. The normalized spacial score (nSPS) is 10.8. The van der Waals surface area contributed by atoms with Crippen LogP contribution < -0.4 is 11.1 Å². The molecule has 0 aliphatic heterocycles. The number of aryl methyl sites for hydroxylation is 1. The van der Waals surface area contributed by atoms with Crippen molar-refractivity contribution >= 4 is 44.3 Å². The number of para-hydroxylation sites is 2. The van der Waals surface area contributed by atoms with E-state index in [1.165, 1.54) is 5.56 Å². The number of aromatic nitrogens is 2. The van der Waals surface area contributed by atoms with Crippen LogP contribution in [0.1, 0.15) is 12.5 Å². The monoisotopic (exact) mass is 342 g/mol. The molecule has 0 bridgehead atoms. The Morgan fingerprint density at radius 1 is 1.10 bits per heavy atom. The van der Waals surface area contributed by atoms with E-state index in [4.69, 9.17) is 5.73 Å². The van der Waals surface area contributed by atoms with Gasteiger partial charge in [-0.15, -0.1) is 0 Å². The molecule has 0 atom stereocenters. The van der Waals surface area contributed by atoms with Crippen molar-refractivity contribution in [1.29, 1.82) is 0 Å². The smallest absolute Gasteiger partial charge is 0.174 e. The number of anilines is 3. The van der Waals surface area contributed by atoms with Gasteiger partial charge in [0.2, 0.25) is 0 Å². The Kier molecular flexibility index (Phi) is 3.75. The lowest BCUT2D eigenvalue weighted by atomic mass is 10.1. The zero-order valence-electron chi connectivity index (χ0n) is 11.6. The summed E-state index contributed by atoms with van der Waals surface area (Å²) in [5, 5.41) is 3.29. The van der Waals surface area contributed by atoms with Crippen LogP contribution in [0.15, 0.2) is 46.9 Å². The van der Waals surface area contributed by atoms with Gasteiger partial charge < -0.3 is 11.1 Å². The van der Waals surface area contributed by atoms with Gasteiger partial charge in [0, 0.05) is 10.2 Å². The van der Waals surface area contributed by atoms with Gasteiger partial charge in [0.1, 0.15) is 0 Å². The minimum atomic E-state index is 0.402. The van der Waals surface area contributed by atoms with Crippen molar-refractivity contribution < 1.29 is 0 Å². The third kappa shape index (κ3) is 2.83.